The molecule has 0 N–H and O–H groups in total. The molecule has 0 aromatic heterocycles. The van der Waals surface area contributed by atoms with Crippen molar-refractivity contribution < 1.29 is 13.2 Å². The standard InChI is InChI=1S/C14H8F3NS2/c15-14(16,17)9-4-5-10-12(6-9)20-18-7-8-2-1-3-11(19)13(8)10/h1-2,4-7H,3H2. The summed E-state index contributed by atoms with van der Waals surface area (Å²) in [7, 11) is 0. The highest BCUT2D eigenvalue weighted by atomic mass is 32.2. The molecule has 0 amide bonds. The van der Waals surface area contributed by atoms with Gasteiger partial charge in [0.1, 0.15) is 0 Å². The highest BCUT2D eigenvalue weighted by molar-refractivity contribution is 7.98. The van der Waals surface area contributed by atoms with Gasteiger partial charge in [-0.15, -0.1) is 0 Å². The molecule has 1 aliphatic heterocycles. The van der Waals surface area contributed by atoms with Crippen molar-refractivity contribution in [3.8, 4) is 0 Å². The maximum Gasteiger partial charge on any atom is 0.416 e. The van der Waals surface area contributed by atoms with Gasteiger partial charge in [-0.25, -0.2) is 4.40 Å². The lowest BCUT2D eigenvalue weighted by molar-refractivity contribution is -0.137. The lowest BCUT2D eigenvalue weighted by atomic mass is 9.91. The first kappa shape index (κ1) is 13.6. The van der Waals surface area contributed by atoms with Crippen molar-refractivity contribution in [2.75, 3.05) is 0 Å². The molecule has 0 saturated carbocycles. The van der Waals surface area contributed by atoms with Gasteiger partial charge < -0.3 is 0 Å². The Morgan fingerprint density at radius 1 is 1.25 bits per heavy atom. The normalized spacial score (nSPS) is 17.9. The Balaban J connectivity index is 2.19. The highest BCUT2D eigenvalue weighted by Gasteiger charge is 2.32. The quantitative estimate of drug-likeness (QED) is 0.500. The van der Waals surface area contributed by atoms with E-state index in [4.69, 9.17) is 12.2 Å². The zero-order chi connectivity index (χ0) is 14.3. The third-order valence-electron chi connectivity index (χ3n) is 3.09. The van der Waals surface area contributed by atoms with Crippen molar-refractivity contribution in [1.82, 2.24) is 0 Å². The number of halogens is 3. The molecule has 2 aliphatic rings. The van der Waals surface area contributed by atoms with Crippen molar-refractivity contribution >= 4 is 40.8 Å². The summed E-state index contributed by atoms with van der Waals surface area (Å²) >= 11 is 6.39. The fraction of sp³-hybridized carbons (Fsp3) is 0.143. The maximum absolute atomic E-state index is 12.8. The molecule has 0 bridgehead atoms. The van der Waals surface area contributed by atoms with Crippen LogP contribution in [0.25, 0.3) is 5.57 Å². The second-order valence-corrected chi connectivity index (χ2v) is 5.72. The summed E-state index contributed by atoms with van der Waals surface area (Å²) in [5.74, 6) is 0. The van der Waals surface area contributed by atoms with Crippen LogP contribution < -0.4 is 0 Å². The number of hydrogen-bond acceptors (Lipinski definition) is 3. The number of benzene rings is 1. The first-order chi connectivity index (χ1) is 9.47. The van der Waals surface area contributed by atoms with E-state index in [2.05, 4.69) is 4.40 Å². The third-order valence-corrected chi connectivity index (χ3v) is 4.21. The Kier molecular flexibility index (Phi) is 3.30. The third kappa shape index (κ3) is 2.33. The van der Waals surface area contributed by atoms with Gasteiger partial charge in [0.15, 0.2) is 0 Å². The van der Waals surface area contributed by atoms with Crippen molar-refractivity contribution in [2.45, 2.75) is 17.5 Å². The van der Waals surface area contributed by atoms with Crippen LogP contribution in [0.4, 0.5) is 13.2 Å². The van der Waals surface area contributed by atoms with Crippen molar-refractivity contribution in [2.24, 2.45) is 4.40 Å². The van der Waals surface area contributed by atoms with E-state index < -0.39 is 11.7 Å². The molecule has 3 rings (SSSR count). The summed E-state index contributed by atoms with van der Waals surface area (Å²) < 4.78 is 42.4. The first-order valence-electron chi connectivity index (χ1n) is 5.83. The van der Waals surface area contributed by atoms with E-state index in [9.17, 15) is 13.2 Å². The molecule has 0 spiro atoms. The summed E-state index contributed by atoms with van der Waals surface area (Å²) in [6.45, 7) is 0. The van der Waals surface area contributed by atoms with Gasteiger partial charge in [0.2, 0.25) is 0 Å². The molecule has 0 fully saturated rings. The van der Waals surface area contributed by atoms with Gasteiger partial charge in [-0.05, 0) is 17.7 Å². The molecule has 0 radical (unpaired) electrons. The van der Waals surface area contributed by atoms with Gasteiger partial charge >= 0.3 is 6.18 Å². The van der Waals surface area contributed by atoms with Crippen LogP contribution in [-0.2, 0) is 6.18 Å². The molecule has 1 aliphatic carbocycles. The average Bonchev–Trinajstić information content (AvgIpc) is 2.56. The number of rotatable bonds is 0. The van der Waals surface area contributed by atoms with E-state index in [1.54, 1.807) is 6.21 Å². The zero-order valence-electron chi connectivity index (χ0n) is 10.1. The second-order valence-electron chi connectivity index (χ2n) is 4.39. The summed E-state index contributed by atoms with van der Waals surface area (Å²) in [4.78, 5) is 1.22. The van der Waals surface area contributed by atoms with Crippen LogP contribution in [0.1, 0.15) is 17.5 Å². The number of nitrogens with zero attached hydrogens (tertiary/aromatic N) is 1. The molecule has 0 atom stereocenters. The Morgan fingerprint density at radius 2 is 2.05 bits per heavy atom. The van der Waals surface area contributed by atoms with Gasteiger partial charge in [0.05, 0.1) is 5.56 Å². The molecular formula is C14H8F3NS2. The molecule has 1 heterocycles. The predicted octanol–water partition coefficient (Wildman–Crippen LogP) is 4.88. The van der Waals surface area contributed by atoms with Crippen LogP contribution in [0.5, 0.6) is 0 Å². The van der Waals surface area contributed by atoms with E-state index >= 15 is 0 Å². The van der Waals surface area contributed by atoms with Crippen LogP contribution in [-0.4, -0.2) is 11.1 Å². The fourth-order valence-electron chi connectivity index (χ4n) is 2.17. The Morgan fingerprint density at radius 3 is 2.80 bits per heavy atom. The molecular weight excluding hydrogens is 303 g/mol. The van der Waals surface area contributed by atoms with Crippen molar-refractivity contribution in [3.05, 3.63) is 47.1 Å². The molecule has 6 heteroatoms. The summed E-state index contributed by atoms with van der Waals surface area (Å²) in [6.07, 6.45) is 1.77. The van der Waals surface area contributed by atoms with E-state index in [1.165, 1.54) is 6.07 Å². The number of alkyl halides is 3. The second kappa shape index (κ2) is 4.86. The van der Waals surface area contributed by atoms with E-state index in [1.807, 2.05) is 12.2 Å². The minimum absolute atomic E-state index is 0.485. The van der Waals surface area contributed by atoms with E-state index in [-0.39, 0.29) is 0 Å². The molecule has 1 nitrogen and oxygen atoms in total. The van der Waals surface area contributed by atoms with Crippen LogP contribution >= 0.6 is 24.2 Å². The summed E-state index contributed by atoms with van der Waals surface area (Å²) in [5, 5.41) is 0. The summed E-state index contributed by atoms with van der Waals surface area (Å²) in [5.41, 5.74) is 1.73. The first-order valence-corrected chi connectivity index (χ1v) is 7.01. The van der Waals surface area contributed by atoms with Gasteiger partial charge in [0.25, 0.3) is 0 Å². The molecule has 0 saturated heterocycles. The lowest BCUT2D eigenvalue weighted by Gasteiger charge is -2.16. The Bertz CT molecular complexity index is 684. The van der Waals surface area contributed by atoms with Gasteiger partial charge in [0, 0.05) is 45.5 Å². The van der Waals surface area contributed by atoms with Crippen molar-refractivity contribution in [3.63, 3.8) is 0 Å². The summed E-state index contributed by atoms with van der Waals surface area (Å²) in [6, 6.07) is 3.71. The van der Waals surface area contributed by atoms with Crippen LogP contribution in [0.15, 0.2) is 45.2 Å². The molecule has 1 aromatic carbocycles. The maximum atomic E-state index is 12.8. The molecule has 102 valence electrons. The molecule has 1 aromatic rings. The Labute approximate surface area is 123 Å². The monoisotopic (exact) mass is 311 g/mol. The highest BCUT2D eigenvalue weighted by Crippen LogP contribution is 2.40. The molecule has 20 heavy (non-hydrogen) atoms. The van der Waals surface area contributed by atoms with Crippen LogP contribution in [0, 0.1) is 0 Å². The lowest BCUT2D eigenvalue weighted by Crippen LogP contribution is -2.08. The molecule has 0 unspecified atom stereocenters. The van der Waals surface area contributed by atoms with Gasteiger partial charge in [-0.2, -0.15) is 13.2 Å². The minimum atomic E-state index is -4.35. The SMILES string of the molecule is FC(F)(F)c1ccc2c(c1)SN=CC1=C2C(=S)CC=C1. The number of hydrogen-bond donors (Lipinski definition) is 0. The van der Waals surface area contributed by atoms with E-state index in [0.29, 0.717) is 11.3 Å². The van der Waals surface area contributed by atoms with Crippen LogP contribution in [0.3, 0.4) is 0 Å². The average molecular weight is 311 g/mol. The van der Waals surface area contributed by atoms with Crippen LogP contribution in [0.2, 0.25) is 0 Å². The Hall–Kier alpha value is -1.40. The zero-order valence-corrected chi connectivity index (χ0v) is 11.7. The number of fused-ring (bicyclic) bond motifs is 2. The number of allylic oxidation sites excluding steroid dienone is 4. The van der Waals surface area contributed by atoms with Gasteiger partial charge in [-0.1, -0.05) is 30.4 Å². The van der Waals surface area contributed by atoms with Gasteiger partial charge in [-0.3, -0.25) is 0 Å². The smallest absolute Gasteiger partial charge is 0.219 e. The van der Waals surface area contributed by atoms with E-state index in [0.717, 1.165) is 45.7 Å². The van der Waals surface area contributed by atoms with Crippen molar-refractivity contribution in [1.29, 1.82) is 0 Å². The minimum Gasteiger partial charge on any atom is -0.219 e. The topological polar surface area (TPSA) is 12.4 Å². The number of thiocarbonyl (C=S) groups is 1. The fourth-order valence-corrected chi connectivity index (χ4v) is 3.23. The largest absolute Gasteiger partial charge is 0.416 e. The predicted molar refractivity (Wildman–Crippen MR) is 79.1 cm³/mol.